The molecule has 1 aliphatic rings. The molecule has 3 heteroatoms. The summed E-state index contributed by atoms with van der Waals surface area (Å²) in [4.78, 5) is 13.5. The van der Waals surface area contributed by atoms with Crippen LogP contribution in [-0.2, 0) is 6.42 Å². The van der Waals surface area contributed by atoms with E-state index in [1.54, 1.807) is 0 Å². The zero-order chi connectivity index (χ0) is 22.7. The maximum Gasteiger partial charge on any atom is 0.0797 e. The average molecular weight is 438 g/mol. The molecule has 6 rings (SSSR count). The summed E-state index contributed by atoms with van der Waals surface area (Å²) < 4.78 is 0. The van der Waals surface area contributed by atoms with Gasteiger partial charge < -0.3 is 0 Å². The van der Waals surface area contributed by atoms with Crippen LogP contribution in [0.1, 0.15) is 28.3 Å². The van der Waals surface area contributed by atoms with Gasteiger partial charge in [0.1, 0.15) is 0 Å². The van der Waals surface area contributed by atoms with Crippen LogP contribution in [0.4, 0.5) is 0 Å². The summed E-state index contributed by atoms with van der Waals surface area (Å²) in [5.41, 5.74) is 10.7. The van der Waals surface area contributed by atoms with Gasteiger partial charge in [-0.05, 0) is 64.1 Å². The Morgan fingerprint density at radius 1 is 0.500 bits per heavy atom. The molecular weight excluding hydrogens is 414 g/mol. The molecule has 0 saturated heterocycles. The number of aromatic nitrogens is 2. The minimum absolute atomic E-state index is 0.0938. The molecule has 162 valence electrons. The summed E-state index contributed by atoms with van der Waals surface area (Å²) in [6.45, 7) is 0. The zero-order valence-corrected chi connectivity index (χ0v) is 18.7. The van der Waals surface area contributed by atoms with Crippen molar-refractivity contribution in [1.82, 2.24) is 9.97 Å². The van der Waals surface area contributed by atoms with Crippen LogP contribution >= 0.6 is 0 Å². The van der Waals surface area contributed by atoms with Gasteiger partial charge >= 0.3 is 0 Å². The molecule has 0 spiro atoms. The molecular formula is C31H23N3. The highest BCUT2D eigenvalue weighted by Gasteiger charge is 2.23. The quantitative estimate of drug-likeness (QED) is 0.305. The lowest BCUT2D eigenvalue weighted by atomic mass is 9.87. The summed E-state index contributed by atoms with van der Waals surface area (Å²) >= 11 is 0. The molecule has 0 radical (unpaired) electrons. The molecule has 0 fully saturated rings. The Hall–Kier alpha value is -4.37. The van der Waals surface area contributed by atoms with Crippen molar-refractivity contribution in [3.63, 3.8) is 0 Å². The lowest BCUT2D eigenvalue weighted by Gasteiger charge is -2.24. The lowest BCUT2D eigenvalue weighted by molar-refractivity contribution is 0.712. The number of fused-ring (bicyclic) bond motifs is 1. The highest BCUT2D eigenvalue weighted by molar-refractivity contribution is 6.14. The van der Waals surface area contributed by atoms with Crippen molar-refractivity contribution in [3.8, 4) is 22.3 Å². The Balaban J connectivity index is 1.36. The first-order chi connectivity index (χ1) is 16.8. The Morgan fingerprint density at radius 3 is 1.62 bits per heavy atom. The number of hydrogen-bond acceptors (Lipinski definition) is 3. The SMILES string of the molecule is c1ccc2c(c1)CC(c1ccc(-c3ccncc3)cc1)N=C2c1ccc(-c2ccncc2)cc1. The Bertz CT molecular complexity index is 1440. The first-order valence-electron chi connectivity index (χ1n) is 11.5. The number of rotatable bonds is 4. The molecule has 1 unspecified atom stereocenters. The predicted octanol–water partition coefficient (Wildman–Crippen LogP) is 6.95. The third-order valence-corrected chi connectivity index (χ3v) is 6.45. The summed E-state index contributed by atoms with van der Waals surface area (Å²) in [6.07, 6.45) is 8.23. The number of hydrogen-bond donors (Lipinski definition) is 0. The van der Waals surface area contributed by atoms with Crippen LogP contribution in [0.3, 0.4) is 0 Å². The van der Waals surface area contributed by atoms with E-state index in [0.29, 0.717) is 0 Å². The summed E-state index contributed by atoms with van der Waals surface area (Å²) in [5.74, 6) is 0. The molecule has 3 nitrogen and oxygen atoms in total. The molecule has 0 saturated carbocycles. The zero-order valence-electron chi connectivity index (χ0n) is 18.7. The van der Waals surface area contributed by atoms with Gasteiger partial charge in [-0.15, -0.1) is 0 Å². The standard InChI is InChI=1S/C31H23N3/c1-2-4-29-28(3-1)21-30(26-9-5-22(6-10-26)24-13-17-32-18-14-24)34-31(29)27-11-7-23(8-12-27)25-15-19-33-20-16-25/h1-20,30H,21H2. The fourth-order valence-corrected chi connectivity index (χ4v) is 4.64. The Morgan fingerprint density at radius 2 is 1.00 bits per heavy atom. The second-order valence-corrected chi connectivity index (χ2v) is 8.53. The van der Waals surface area contributed by atoms with E-state index in [2.05, 4.69) is 82.8 Å². The number of aliphatic imine (C=N–C) groups is 1. The van der Waals surface area contributed by atoms with Crippen molar-refractivity contribution < 1.29 is 0 Å². The highest BCUT2D eigenvalue weighted by atomic mass is 14.8. The Kier molecular flexibility index (Phi) is 5.29. The number of pyridine rings is 2. The second-order valence-electron chi connectivity index (χ2n) is 8.53. The van der Waals surface area contributed by atoms with Gasteiger partial charge in [0.05, 0.1) is 11.8 Å². The van der Waals surface area contributed by atoms with Gasteiger partial charge in [0.15, 0.2) is 0 Å². The van der Waals surface area contributed by atoms with Crippen molar-refractivity contribution in [2.45, 2.75) is 12.5 Å². The van der Waals surface area contributed by atoms with Crippen molar-refractivity contribution >= 4 is 5.71 Å². The molecule has 34 heavy (non-hydrogen) atoms. The molecule has 3 aromatic carbocycles. The fraction of sp³-hybridized carbons (Fsp3) is 0.0645. The molecule has 3 heterocycles. The first kappa shape index (κ1) is 20.3. The van der Waals surface area contributed by atoms with E-state index < -0.39 is 0 Å². The van der Waals surface area contributed by atoms with E-state index in [1.807, 2.05) is 49.1 Å². The molecule has 0 aliphatic carbocycles. The first-order valence-corrected chi connectivity index (χ1v) is 11.5. The van der Waals surface area contributed by atoms with E-state index >= 15 is 0 Å². The summed E-state index contributed by atoms with van der Waals surface area (Å²) in [6, 6.07) is 34.4. The molecule has 0 N–H and O–H groups in total. The van der Waals surface area contributed by atoms with Crippen LogP contribution < -0.4 is 0 Å². The van der Waals surface area contributed by atoms with Gasteiger partial charge in [-0.25, -0.2) is 0 Å². The topological polar surface area (TPSA) is 38.1 Å². The normalized spacial score (nSPS) is 14.8. The van der Waals surface area contributed by atoms with E-state index in [9.17, 15) is 0 Å². The van der Waals surface area contributed by atoms with Gasteiger partial charge in [-0.2, -0.15) is 0 Å². The van der Waals surface area contributed by atoms with E-state index in [-0.39, 0.29) is 6.04 Å². The second kappa shape index (κ2) is 8.87. The summed E-state index contributed by atoms with van der Waals surface area (Å²) in [5, 5.41) is 0. The van der Waals surface area contributed by atoms with Crippen molar-refractivity contribution in [1.29, 1.82) is 0 Å². The number of nitrogens with zero attached hydrogens (tertiary/aromatic N) is 3. The van der Waals surface area contributed by atoms with E-state index in [4.69, 9.17) is 4.99 Å². The Labute approximate surface area is 199 Å². The molecule has 2 aromatic heterocycles. The van der Waals surface area contributed by atoms with Crippen molar-refractivity contribution in [3.05, 3.63) is 144 Å². The fourth-order valence-electron chi connectivity index (χ4n) is 4.64. The van der Waals surface area contributed by atoms with E-state index in [0.717, 1.165) is 17.7 Å². The van der Waals surface area contributed by atoms with Crippen molar-refractivity contribution in [2.24, 2.45) is 4.99 Å². The monoisotopic (exact) mass is 437 g/mol. The van der Waals surface area contributed by atoms with Crippen LogP contribution in [0.2, 0.25) is 0 Å². The van der Waals surface area contributed by atoms with Crippen LogP contribution in [-0.4, -0.2) is 15.7 Å². The van der Waals surface area contributed by atoms with Crippen LogP contribution in [0, 0.1) is 0 Å². The lowest BCUT2D eigenvalue weighted by Crippen LogP contribution is -2.17. The molecule has 0 amide bonds. The summed E-state index contributed by atoms with van der Waals surface area (Å²) in [7, 11) is 0. The average Bonchev–Trinajstić information content (AvgIpc) is 2.94. The predicted molar refractivity (Wildman–Crippen MR) is 138 cm³/mol. The third kappa shape index (κ3) is 3.93. The molecule has 5 aromatic rings. The maximum atomic E-state index is 5.27. The van der Waals surface area contributed by atoms with Gasteiger partial charge in [0.2, 0.25) is 0 Å². The van der Waals surface area contributed by atoms with Crippen molar-refractivity contribution in [2.75, 3.05) is 0 Å². The van der Waals surface area contributed by atoms with Crippen LogP contribution in [0.15, 0.2) is 127 Å². The third-order valence-electron chi connectivity index (χ3n) is 6.45. The van der Waals surface area contributed by atoms with Gasteiger partial charge in [-0.3, -0.25) is 15.0 Å². The smallest absolute Gasteiger partial charge is 0.0797 e. The van der Waals surface area contributed by atoms with Crippen LogP contribution in [0.5, 0.6) is 0 Å². The maximum absolute atomic E-state index is 5.27. The molecule has 1 atom stereocenters. The minimum atomic E-state index is 0.0938. The molecule has 1 aliphatic heterocycles. The van der Waals surface area contributed by atoms with Gasteiger partial charge in [0, 0.05) is 35.9 Å². The highest BCUT2D eigenvalue weighted by Crippen LogP contribution is 2.33. The van der Waals surface area contributed by atoms with E-state index in [1.165, 1.54) is 38.9 Å². The molecule has 0 bridgehead atoms. The minimum Gasteiger partial charge on any atom is -0.276 e. The van der Waals surface area contributed by atoms with Gasteiger partial charge in [0.25, 0.3) is 0 Å². The largest absolute Gasteiger partial charge is 0.276 e. The van der Waals surface area contributed by atoms with Crippen LogP contribution in [0.25, 0.3) is 22.3 Å². The van der Waals surface area contributed by atoms with Gasteiger partial charge in [-0.1, -0.05) is 72.8 Å². The number of benzene rings is 3.